The maximum atomic E-state index is 9.26. The summed E-state index contributed by atoms with van der Waals surface area (Å²) >= 11 is 0. The van der Waals surface area contributed by atoms with Crippen molar-refractivity contribution in [3.05, 3.63) is 24.3 Å². The van der Waals surface area contributed by atoms with Crippen LogP contribution in [0.15, 0.2) is 24.3 Å². The highest BCUT2D eigenvalue weighted by Gasteiger charge is 2.33. The van der Waals surface area contributed by atoms with Crippen LogP contribution in [-0.2, 0) is 0 Å². The van der Waals surface area contributed by atoms with Gasteiger partial charge in [-0.2, -0.15) is 5.26 Å². The van der Waals surface area contributed by atoms with Gasteiger partial charge in [0, 0.05) is 6.42 Å². The monoisotopic (exact) mass is 245 g/mol. The highest BCUT2D eigenvalue weighted by molar-refractivity contribution is 5.31. The van der Waals surface area contributed by atoms with Crippen molar-refractivity contribution in [2.75, 3.05) is 13.7 Å². The fourth-order valence-electron chi connectivity index (χ4n) is 2.51. The molecule has 3 nitrogen and oxygen atoms in total. The van der Waals surface area contributed by atoms with Gasteiger partial charge in [0.1, 0.15) is 11.5 Å². The molecule has 1 aliphatic carbocycles. The molecule has 96 valence electrons. The molecule has 0 bridgehead atoms. The number of ether oxygens (including phenoxy) is 2. The summed E-state index contributed by atoms with van der Waals surface area (Å²) in [6, 6.07) is 10.0. The zero-order chi connectivity index (χ0) is 12.8. The van der Waals surface area contributed by atoms with E-state index >= 15 is 0 Å². The molecule has 3 heteroatoms. The Morgan fingerprint density at radius 2 is 1.78 bits per heavy atom. The van der Waals surface area contributed by atoms with Gasteiger partial charge in [0.05, 0.1) is 25.2 Å². The normalized spacial score (nSPS) is 17.1. The van der Waals surface area contributed by atoms with Crippen LogP contribution in [-0.4, -0.2) is 13.7 Å². The second-order valence-electron chi connectivity index (χ2n) is 4.87. The first kappa shape index (κ1) is 12.8. The molecule has 0 spiro atoms. The average Bonchev–Trinajstić information content (AvgIpc) is 2.89. The topological polar surface area (TPSA) is 42.2 Å². The van der Waals surface area contributed by atoms with Crippen molar-refractivity contribution in [1.29, 1.82) is 5.26 Å². The van der Waals surface area contributed by atoms with Crippen LogP contribution in [0.4, 0.5) is 0 Å². The smallest absolute Gasteiger partial charge is 0.119 e. The van der Waals surface area contributed by atoms with Gasteiger partial charge in [-0.25, -0.2) is 0 Å². The molecule has 0 heterocycles. The van der Waals surface area contributed by atoms with E-state index in [1.165, 1.54) is 12.8 Å². The minimum absolute atomic E-state index is 0.132. The van der Waals surface area contributed by atoms with Crippen molar-refractivity contribution >= 4 is 0 Å². The van der Waals surface area contributed by atoms with E-state index in [0.717, 1.165) is 30.8 Å². The third-order valence-corrected chi connectivity index (χ3v) is 3.71. The molecule has 18 heavy (non-hydrogen) atoms. The summed E-state index contributed by atoms with van der Waals surface area (Å²) in [4.78, 5) is 0. The summed E-state index contributed by atoms with van der Waals surface area (Å²) in [7, 11) is 1.65. The van der Waals surface area contributed by atoms with Crippen LogP contribution in [0.25, 0.3) is 0 Å². The molecule has 1 saturated carbocycles. The summed E-state index contributed by atoms with van der Waals surface area (Å²) in [6.07, 6.45) is 5.23. The number of nitriles is 1. The van der Waals surface area contributed by atoms with Crippen LogP contribution in [0.1, 0.15) is 32.1 Å². The van der Waals surface area contributed by atoms with Crippen LogP contribution in [0, 0.1) is 16.7 Å². The molecule has 0 amide bonds. The van der Waals surface area contributed by atoms with Crippen molar-refractivity contribution in [2.24, 2.45) is 5.41 Å². The zero-order valence-electron chi connectivity index (χ0n) is 10.8. The van der Waals surface area contributed by atoms with Crippen LogP contribution in [0.3, 0.4) is 0 Å². The van der Waals surface area contributed by atoms with Gasteiger partial charge in [0.25, 0.3) is 0 Å². The fourth-order valence-corrected chi connectivity index (χ4v) is 2.51. The quantitative estimate of drug-likeness (QED) is 0.796. The molecular formula is C15H19NO2. The molecule has 0 aromatic heterocycles. The lowest BCUT2D eigenvalue weighted by molar-refractivity contribution is 0.244. The molecule has 2 rings (SSSR count). The highest BCUT2D eigenvalue weighted by atomic mass is 16.5. The molecule has 1 fully saturated rings. The van der Waals surface area contributed by atoms with E-state index < -0.39 is 0 Å². The van der Waals surface area contributed by atoms with Gasteiger partial charge >= 0.3 is 0 Å². The predicted octanol–water partition coefficient (Wildman–Crippen LogP) is 3.55. The Kier molecular flexibility index (Phi) is 4.09. The highest BCUT2D eigenvalue weighted by Crippen LogP contribution is 2.40. The summed E-state index contributed by atoms with van der Waals surface area (Å²) in [5.74, 6) is 1.66. The first-order valence-electron chi connectivity index (χ1n) is 6.46. The Hall–Kier alpha value is -1.69. The molecule has 0 saturated heterocycles. The number of benzene rings is 1. The third kappa shape index (κ3) is 2.95. The summed E-state index contributed by atoms with van der Waals surface area (Å²) < 4.78 is 10.8. The van der Waals surface area contributed by atoms with Gasteiger partial charge < -0.3 is 9.47 Å². The van der Waals surface area contributed by atoms with Crippen molar-refractivity contribution in [1.82, 2.24) is 0 Å². The Labute approximate surface area is 108 Å². The van der Waals surface area contributed by atoms with Gasteiger partial charge in [-0.15, -0.1) is 0 Å². The number of hydrogen-bond donors (Lipinski definition) is 0. The number of hydrogen-bond acceptors (Lipinski definition) is 3. The maximum Gasteiger partial charge on any atom is 0.119 e. The number of rotatable bonds is 5. The fraction of sp³-hybridized carbons (Fsp3) is 0.533. The van der Waals surface area contributed by atoms with E-state index in [1.54, 1.807) is 7.11 Å². The SMILES string of the molecule is COc1ccc(OCCC2(C#N)CCCC2)cc1. The third-order valence-electron chi connectivity index (χ3n) is 3.71. The van der Waals surface area contributed by atoms with E-state index in [2.05, 4.69) is 6.07 Å². The molecule has 1 aromatic rings. The van der Waals surface area contributed by atoms with E-state index in [0.29, 0.717) is 6.61 Å². The van der Waals surface area contributed by atoms with Crippen LogP contribution in [0.5, 0.6) is 11.5 Å². The maximum absolute atomic E-state index is 9.26. The van der Waals surface area contributed by atoms with E-state index in [9.17, 15) is 5.26 Å². The van der Waals surface area contributed by atoms with Crippen molar-refractivity contribution in [2.45, 2.75) is 32.1 Å². The molecule has 0 unspecified atom stereocenters. The van der Waals surface area contributed by atoms with Gasteiger partial charge in [0.15, 0.2) is 0 Å². The number of methoxy groups -OCH3 is 1. The van der Waals surface area contributed by atoms with Gasteiger partial charge in [0.2, 0.25) is 0 Å². The van der Waals surface area contributed by atoms with Gasteiger partial charge in [-0.3, -0.25) is 0 Å². The minimum Gasteiger partial charge on any atom is -0.497 e. The summed E-state index contributed by atoms with van der Waals surface area (Å²) in [5.41, 5.74) is -0.132. The van der Waals surface area contributed by atoms with Gasteiger partial charge in [-0.1, -0.05) is 12.8 Å². The van der Waals surface area contributed by atoms with Crippen LogP contribution < -0.4 is 9.47 Å². The molecule has 0 radical (unpaired) electrons. The lowest BCUT2D eigenvalue weighted by Crippen LogP contribution is -2.17. The molecular weight excluding hydrogens is 226 g/mol. The van der Waals surface area contributed by atoms with E-state index in [4.69, 9.17) is 9.47 Å². The Morgan fingerprint density at radius 3 is 2.33 bits per heavy atom. The van der Waals surface area contributed by atoms with Crippen molar-refractivity contribution in [3.63, 3.8) is 0 Å². The lowest BCUT2D eigenvalue weighted by Gasteiger charge is -2.19. The lowest BCUT2D eigenvalue weighted by atomic mass is 9.85. The largest absolute Gasteiger partial charge is 0.497 e. The molecule has 0 aliphatic heterocycles. The van der Waals surface area contributed by atoms with Crippen molar-refractivity contribution < 1.29 is 9.47 Å². The second kappa shape index (κ2) is 5.77. The Bertz CT molecular complexity index is 413. The molecule has 0 atom stereocenters. The van der Waals surface area contributed by atoms with Crippen molar-refractivity contribution in [3.8, 4) is 17.6 Å². The molecule has 0 N–H and O–H groups in total. The standard InChI is InChI=1S/C15H19NO2/c1-17-13-4-6-14(7-5-13)18-11-10-15(12-16)8-2-3-9-15/h4-7H,2-3,8-11H2,1H3. The minimum atomic E-state index is -0.132. The van der Waals surface area contributed by atoms with Crippen LogP contribution in [0.2, 0.25) is 0 Å². The predicted molar refractivity (Wildman–Crippen MR) is 69.6 cm³/mol. The zero-order valence-corrected chi connectivity index (χ0v) is 10.8. The second-order valence-corrected chi connectivity index (χ2v) is 4.87. The summed E-state index contributed by atoms with van der Waals surface area (Å²) in [6.45, 7) is 0.611. The van der Waals surface area contributed by atoms with Gasteiger partial charge in [-0.05, 0) is 37.1 Å². The Balaban J connectivity index is 1.82. The Morgan fingerprint density at radius 1 is 1.17 bits per heavy atom. The van der Waals surface area contributed by atoms with E-state index in [-0.39, 0.29) is 5.41 Å². The molecule has 1 aliphatic rings. The summed E-state index contributed by atoms with van der Waals surface area (Å²) in [5, 5.41) is 9.26. The first-order valence-corrected chi connectivity index (χ1v) is 6.46. The average molecular weight is 245 g/mol. The van der Waals surface area contributed by atoms with Crippen LogP contribution >= 0.6 is 0 Å². The first-order chi connectivity index (χ1) is 8.78. The van der Waals surface area contributed by atoms with E-state index in [1.807, 2.05) is 24.3 Å². The number of nitrogens with zero attached hydrogens (tertiary/aromatic N) is 1. The molecule has 1 aromatic carbocycles.